The van der Waals surface area contributed by atoms with E-state index in [-0.39, 0.29) is 23.1 Å². The number of carbonyl (C=O) groups is 2. The molecule has 0 saturated heterocycles. The summed E-state index contributed by atoms with van der Waals surface area (Å²) in [6.45, 7) is 8.61. The minimum Gasteiger partial charge on any atom is -0.446 e. The van der Waals surface area contributed by atoms with Gasteiger partial charge in [-0.3, -0.25) is 19.2 Å². The molecule has 276 valence electrons. The van der Waals surface area contributed by atoms with Crippen molar-refractivity contribution in [3.8, 4) is 11.5 Å². The first-order valence-electron chi connectivity index (χ1n) is 20.0. The molecule has 2 aromatic heterocycles. The number of unbranched alkanes of at least 4 members (excludes halogenated alkanes) is 22. The van der Waals surface area contributed by atoms with Gasteiger partial charge in [0.1, 0.15) is 0 Å². The predicted octanol–water partition coefficient (Wildman–Crippen LogP) is 11.6. The maximum atomic E-state index is 13.0. The lowest BCUT2D eigenvalue weighted by Crippen LogP contribution is -2.20. The summed E-state index contributed by atoms with van der Waals surface area (Å²) in [5.74, 6) is -0.349. The van der Waals surface area contributed by atoms with Gasteiger partial charge in [-0.05, 0) is 12.8 Å². The van der Waals surface area contributed by atoms with Crippen LogP contribution in [-0.4, -0.2) is 20.7 Å². The molecule has 0 unspecified atom stereocenters. The van der Waals surface area contributed by atoms with Crippen LogP contribution in [0.25, 0.3) is 0 Å². The highest BCUT2D eigenvalue weighted by molar-refractivity contribution is 5.93. The summed E-state index contributed by atoms with van der Waals surface area (Å²) in [6, 6.07) is 2.63. The van der Waals surface area contributed by atoms with Gasteiger partial charge in [0.05, 0.1) is 23.8 Å². The molecule has 0 N–H and O–H groups in total. The third-order valence-corrected chi connectivity index (χ3v) is 9.63. The second-order valence-corrected chi connectivity index (χ2v) is 14.2. The van der Waals surface area contributed by atoms with Crippen molar-refractivity contribution in [2.24, 2.45) is 0 Å². The van der Waals surface area contributed by atoms with Crippen LogP contribution in [0.15, 0.2) is 34.1 Å². The normalized spacial score (nSPS) is 11.3. The highest BCUT2D eigenvalue weighted by Crippen LogP contribution is 2.19. The Hall–Kier alpha value is -2.96. The third kappa shape index (κ3) is 17.5. The fraction of sp³-hybridized carbons (Fsp3) is 0.714. The zero-order valence-corrected chi connectivity index (χ0v) is 31.6. The molecule has 0 bridgehead atoms. The molecule has 0 saturated carbocycles. The Labute approximate surface area is 297 Å². The van der Waals surface area contributed by atoms with E-state index < -0.39 is 10.9 Å². The van der Waals surface area contributed by atoms with Gasteiger partial charge in [-0.2, -0.15) is 0 Å². The predicted molar refractivity (Wildman–Crippen MR) is 204 cm³/mol. The van der Waals surface area contributed by atoms with E-state index in [1.54, 1.807) is 21.5 Å². The van der Waals surface area contributed by atoms with Gasteiger partial charge in [0, 0.05) is 39.1 Å². The summed E-state index contributed by atoms with van der Waals surface area (Å²) < 4.78 is 9.49. The van der Waals surface area contributed by atoms with Crippen molar-refractivity contribution in [3.63, 3.8) is 0 Å². The number of hydrogen-bond acceptors (Lipinski definition) is 5. The van der Waals surface area contributed by atoms with E-state index >= 15 is 0 Å². The first kappa shape index (κ1) is 42.2. The number of aryl methyl sites for hydroxylation is 2. The van der Waals surface area contributed by atoms with Crippen LogP contribution in [0.4, 0.5) is 0 Å². The lowest BCUT2D eigenvalue weighted by molar-refractivity contribution is 0.0995. The van der Waals surface area contributed by atoms with Gasteiger partial charge in [-0.25, -0.2) is 0 Å². The van der Waals surface area contributed by atoms with E-state index in [0.29, 0.717) is 24.5 Å². The number of pyridine rings is 2. The number of carbonyl (C=O) groups excluding carboxylic acids is 2. The van der Waals surface area contributed by atoms with Gasteiger partial charge in [0.15, 0.2) is 23.1 Å². The number of rotatable bonds is 30. The monoisotopic (exact) mass is 681 g/mol. The molecule has 0 radical (unpaired) electrons. The maximum Gasteiger partial charge on any atom is 0.224 e. The Balaban J connectivity index is 1.91. The minimum atomic E-state index is -0.446. The highest BCUT2D eigenvalue weighted by Gasteiger charge is 2.16. The van der Waals surface area contributed by atoms with E-state index in [4.69, 9.17) is 4.74 Å². The Bertz CT molecular complexity index is 1240. The first-order chi connectivity index (χ1) is 23.8. The van der Waals surface area contributed by atoms with E-state index in [1.807, 2.05) is 0 Å². The fourth-order valence-corrected chi connectivity index (χ4v) is 6.60. The van der Waals surface area contributed by atoms with Crippen molar-refractivity contribution in [2.45, 2.75) is 195 Å². The molecule has 2 aromatic rings. The van der Waals surface area contributed by atoms with Gasteiger partial charge >= 0.3 is 0 Å². The number of Topliss-reactive ketones (excluding diaryl/α,β-unsaturated/α-hetero) is 2. The molecule has 2 heterocycles. The summed E-state index contributed by atoms with van der Waals surface area (Å²) in [6.07, 6.45) is 32.9. The molecule has 0 atom stereocenters. The number of nitrogens with zero attached hydrogens (tertiary/aromatic N) is 2. The molecule has 0 aliphatic rings. The molecule has 0 spiro atoms. The van der Waals surface area contributed by atoms with Gasteiger partial charge in [0.2, 0.25) is 10.9 Å². The number of ketones is 2. The maximum absolute atomic E-state index is 13.0. The van der Waals surface area contributed by atoms with Crippen molar-refractivity contribution in [2.75, 3.05) is 0 Å². The van der Waals surface area contributed by atoms with Crippen molar-refractivity contribution in [1.82, 2.24) is 9.13 Å². The molecule has 0 aliphatic carbocycles. The molecule has 7 nitrogen and oxygen atoms in total. The largest absolute Gasteiger partial charge is 0.446 e. The molecule has 49 heavy (non-hydrogen) atoms. The lowest BCUT2D eigenvalue weighted by Gasteiger charge is -2.16. The van der Waals surface area contributed by atoms with Gasteiger partial charge < -0.3 is 13.9 Å². The van der Waals surface area contributed by atoms with Crippen LogP contribution in [0.2, 0.25) is 0 Å². The average molecular weight is 681 g/mol. The fourth-order valence-electron chi connectivity index (χ4n) is 6.60. The van der Waals surface area contributed by atoms with Gasteiger partial charge in [-0.1, -0.05) is 155 Å². The highest BCUT2D eigenvalue weighted by atomic mass is 16.5. The van der Waals surface area contributed by atoms with E-state index in [9.17, 15) is 19.2 Å². The Morgan fingerprint density at radius 2 is 0.735 bits per heavy atom. The van der Waals surface area contributed by atoms with E-state index in [1.165, 1.54) is 142 Å². The zero-order chi connectivity index (χ0) is 35.7. The molecule has 0 aliphatic heterocycles. The van der Waals surface area contributed by atoms with Crippen molar-refractivity contribution < 1.29 is 14.3 Å². The second kappa shape index (κ2) is 25.9. The van der Waals surface area contributed by atoms with Crippen LogP contribution in [0, 0.1) is 0 Å². The summed E-state index contributed by atoms with van der Waals surface area (Å²) >= 11 is 0. The van der Waals surface area contributed by atoms with Crippen LogP contribution < -0.4 is 15.6 Å². The summed E-state index contributed by atoms with van der Waals surface area (Å²) in [5.41, 5.74) is -0.203. The van der Waals surface area contributed by atoms with Crippen LogP contribution >= 0.6 is 0 Å². The Morgan fingerprint density at radius 3 is 1.00 bits per heavy atom. The second-order valence-electron chi connectivity index (χ2n) is 14.2. The van der Waals surface area contributed by atoms with Crippen molar-refractivity contribution >= 4 is 11.6 Å². The van der Waals surface area contributed by atoms with Crippen LogP contribution in [-0.2, 0) is 13.1 Å². The smallest absolute Gasteiger partial charge is 0.224 e. The molecule has 0 aromatic carbocycles. The minimum absolute atomic E-state index is 0.00789. The van der Waals surface area contributed by atoms with Gasteiger partial charge in [-0.15, -0.1) is 0 Å². The van der Waals surface area contributed by atoms with Crippen LogP contribution in [0.5, 0.6) is 11.5 Å². The Morgan fingerprint density at radius 1 is 0.469 bits per heavy atom. The summed E-state index contributed by atoms with van der Waals surface area (Å²) in [4.78, 5) is 50.7. The topological polar surface area (TPSA) is 87.4 Å². The molecular weight excluding hydrogens is 612 g/mol. The standard InChI is InChI=1S/C42H68N2O5/c1-5-7-9-11-13-15-17-19-21-23-25-27-29-43-33-41(39(47)31-37(43)35(3)45)49-42-34-44(38(36(4)46)32-40(42)48)30-28-26-24-22-20-18-16-14-12-10-8-6-2/h31-34H,5-30H2,1-4H3. The van der Waals surface area contributed by atoms with Crippen molar-refractivity contribution in [3.05, 3.63) is 56.4 Å². The van der Waals surface area contributed by atoms with Crippen molar-refractivity contribution in [1.29, 1.82) is 0 Å². The molecule has 0 fully saturated rings. The zero-order valence-electron chi connectivity index (χ0n) is 31.6. The van der Waals surface area contributed by atoms with Crippen LogP contribution in [0.3, 0.4) is 0 Å². The summed E-state index contributed by atoms with van der Waals surface area (Å²) in [7, 11) is 0. The SMILES string of the molecule is CCCCCCCCCCCCCCn1cc(Oc2cn(CCCCCCCCCCCCCC)c(C(C)=O)cc2=O)c(=O)cc1C(C)=O. The summed E-state index contributed by atoms with van der Waals surface area (Å²) in [5, 5.41) is 0. The molecule has 7 heteroatoms. The third-order valence-electron chi connectivity index (χ3n) is 9.63. The first-order valence-corrected chi connectivity index (χ1v) is 20.0. The molecule has 2 rings (SSSR count). The molecule has 0 amide bonds. The number of hydrogen-bond donors (Lipinski definition) is 0. The van der Waals surface area contributed by atoms with E-state index in [0.717, 1.165) is 38.5 Å². The van der Waals surface area contributed by atoms with Crippen LogP contribution in [0.1, 0.15) is 203 Å². The number of ether oxygens (including phenoxy) is 1. The van der Waals surface area contributed by atoms with E-state index in [2.05, 4.69) is 13.8 Å². The Kier molecular flexibility index (Phi) is 22.3. The lowest BCUT2D eigenvalue weighted by atomic mass is 10.1. The quantitative estimate of drug-likeness (QED) is 0.0605. The number of aromatic nitrogens is 2. The van der Waals surface area contributed by atoms with Gasteiger partial charge in [0.25, 0.3) is 0 Å². The average Bonchev–Trinajstić information content (AvgIpc) is 3.07. The molecular formula is C42H68N2O5.